The number of aromatic nitrogens is 2. The molecule has 0 bridgehead atoms. The molecule has 3 rings (SSSR count). The normalized spacial score (nSPS) is 11.3. The van der Waals surface area contributed by atoms with Crippen LogP contribution in [0.5, 0.6) is 17.2 Å². The highest BCUT2D eigenvalue weighted by Gasteiger charge is 2.15. The summed E-state index contributed by atoms with van der Waals surface area (Å²) in [5.74, 6) is 2.18. The summed E-state index contributed by atoms with van der Waals surface area (Å²) in [6, 6.07) is 13.5. The number of allylic oxidation sites excluding steroid dienone is 1. The van der Waals surface area contributed by atoms with Crippen molar-refractivity contribution in [1.29, 1.82) is 5.26 Å². The van der Waals surface area contributed by atoms with Gasteiger partial charge in [0, 0.05) is 0 Å². The summed E-state index contributed by atoms with van der Waals surface area (Å²) in [5, 5.41) is 9.62. The van der Waals surface area contributed by atoms with E-state index in [1.807, 2.05) is 43.3 Å². The van der Waals surface area contributed by atoms with E-state index in [2.05, 4.69) is 16.0 Å². The lowest BCUT2D eigenvalue weighted by atomic mass is 10.1. The minimum absolute atomic E-state index is 0.414. The van der Waals surface area contributed by atoms with Gasteiger partial charge in [-0.3, -0.25) is 0 Å². The number of methoxy groups -OCH3 is 2. The summed E-state index contributed by atoms with van der Waals surface area (Å²) in [6.45, 7) is 2.59. The van der Waals surface area contributed by atoms with Gasteiger partial charge < -0.3 is 19.2 Å². The zero-order chi connectivity index (χ0) is 19.2. The molecule has 3 aromatic rings. The molecule has 0 radical (unpaired) electrons. The third kappa shape index (κ3) is 3.87. The lowest BCUT2D eigenvalue weighted by Crippen LogP contribution is -2.01. The molecule has 6 heteroatoms. The third-order valence-electron chi connectivity index (χ3n) is 4.01. The maximum absolute atomic E-state index is 9.62. The number of hydrogen-bond acceptors (Lipinski definition) is 5. The second-order valence-electron chi connectivity index (χ2n) is 5.88. The van der Waals surface area contributed by atoms with Crippen molar-refractivity contribution in [2.75, 3.05) is 20.8 Å². The number of aromatic amines is 1. The van der Waals surface area contributed by atoms with Gasteiger partial charge in [0.05, 0.1) is 37.4 Å². The number of hydrogen-bond donors (Lipinski definition) is 1. The van der Waals surface area contributed by atoms with Crippen molar-refractivity contribution in [3.8, 4) is 23.3 Å². The molecule has 0 spiro atoms. The van der Waals surface area contributed by atoms with E-state index >= 15 is 0 Å². The highest BCUT2D eigenvalue weighted by atomic mass is 16.5. The summed E-state index contributed by atoms with van der Waals surface area (Å²) < 4.78 is 16.7. The molecule has 0 amide bonds. The van der Waals surface area contributed by atoms with Crippen LogP contribution in [0.2, 0.25) is 0 Å². The second-order valence-corrected chi connectivity index (χ2v) is 5.88. The molecule has 27 heavy (non-hydrogen) atoms. The highest BCUT2D eigenvalue weighted by molar-refractivity contribution is 5.90. The van der Waals surface area contributed by atoms with Gasteiger partial charge in [0.15, 0.2) is 11.5 Å². The van der Waals surface area contributed by atoms with Crippen molar-refractivity contribution in [3.63, 3.8) is 0 Å². The Kier molecular flexibility index (Phi) is 5.62. The molecule has 0 fully saturated rings. The fourth-order valence-electron chi connectivity index (χ4n) is 2.73. The topological polar surface area (TPSA) is 80.2 Å². The summed E-state index contributed by atoms with van der Waals surface area (Å²) in [5.41, 5.74) is 2.86. The van der Waals surface area contributed by atoms with Gasteiger partial charge in [0.25, 0.3) is 0 Å². The first-order chi connectivity index (χ1) is 13.2. The molecule has 0 saturated carbocycles. The van der Waals surface area contributed by atoms with Gasteiger partial charge in [0.2, 0.25) is 5.75 Å². The van der Waals surface area contributed by atoms with Crippen molar-refractivity contribution in [3.05, 3.63) is 47.8 Å². The maximum Gasteiger partial charge on any atom is 0.203 e. The van der Waals surface area contributed by atoms with Crippen LogP contribution in [0.1, 0.15) is 24.7 Å². The minimum Gasteiger partial charge on any atom is -0.493 e. The van der Waals surface area contributed by atoms with E-state index in [9.17, 15) is 5.26 Å². The van der Waals surface area contributed by atoms with E-state index in [0.29, 0.717) is 35.3 Å². The van der Waals surface area contributed by atoms with Gasteiger partial charge in [0.1, 0.15) is 11.9 Å². The lowest BCUT2D eigenvalue weighted by molar-refractivity contribution is 0.275. The molecule has 0 saturated heterocycles. The molecule has 1 aromatic heterocycles. The van der Waals surface area contributed by atoms with Crippen molar-refractivity contribution in [1.82, 2.24) is 9.97 Å². The number of H-pyrrole nitrogens is 1. The number of nitrogens with zero attached hydrogens (tertiary/aromatic N) is 2. The monoisotopic (exact) mass is 363 g/mol. The van der Waals surface area contributed by atoms with E-state index in [4.69, 9.17) is 14.2 Å². The fourth-order valence-corrected chi connectivity index (χ4v) is 2.73. The number of fused-ring (bicyclic) bond motifs is 1. The number of nitriles is 1. The van der Waals surface area contributed by atoms with Gasteiger partial charge >= 0.3 is 0 Å². The number of rotatable bonds is 7. The van der Waals surface area contributed by atoms with Gasteiger partial charge in [-0.1, -0.05) is 19.1 Å². The van der Waals surface area contributed by atoms with Crippen LogP contribution >= 0.6 is 0 Å². The average Bonchev–Trinajstić information content (AvgIpc) is 3.14. The van der Waals surface area contributed by atoms with E-state index < -0.39 is 0 Å². The summed E-state index contributed by atoms with van der Waals surface area (Å²) in [7, 11) is 3.15. The number of ether oxygens (including phenoxy) is 3. The van der Waals surface area contributed by atoms with Crippen LogP contribution in [0, 0.1) is 11.3 Å². The van der Waals surface area contributed by atoms with Crippen LogP contribution in [0.15, 0.2) is 36.4 Å². The van der Waals surface area contributed by atoms with Crippen molar-refractivity contribution < 1.29 is 14.2 Å². The quantitative estimate of drug-likeness (QED) is 0.628. The molecule has 0 aliphatic carbocycles. The molecule has 2 aromatic carbocycles. The molecule has 6 nitrogen and oxygen atoms in total. The Hall–Kier alpha value is -3.46. The Morgan fingerprint density at radius 3 is 2.48 bits per heavy atom. The minimum atomic E-state index is 0.414. The fraction of sp³-hybridized carbons (Fsp3) is 0.238. The van der Waals surface area contributed by atoms with Gasteiger partial charge in [-0.15, -0.1) is 0 Å². The Labute approximate surface area is 158 Å². The van der Waals surface area contributed by atoms with E-state index in [0.717, 1.165) is 23.0 Å². The standard InChI is InChI=1S/C21H21N3O3/c1-4-9-27-20-18(25-2)11-14(12-19(20)26-3)10-15(13-22)21-23-16-7-5-6-8-17(16)24-21/h5-8,10-12H,4,9H2,1-3H3,(H,23,24)/b15-10-. The lowest BCUT2D eigenvalue weighted by Gasteiger charge is -2.15. The predicted molar refractivity (Wildman–Crippen MR) is 105 cm³/mol. The summed E-state index contributed by atoms with van der Waals surface area (Å²) in [4.78, 5) is 7.66. The Morgan fingerprint density at radius 2 is 1.89 bits per heavy atom. The average molecular weight is 363 g/mol. The largest absolute Gasteiger partial charge is 0.493 e. The summed E-state index contributed by atoms with van der Waals surface area (Å²) in [6.07, 6.45) is 2.62. The van der Waals surface area contributed by atoms with Crippen LogP contribution in [0.3, 0.4) is 0 Å². The number of para-hydroxylation sites is 2. The molecule has 0 unspecified atom stereocenters. The molecule has 0 aliphatic heterocycles. The van der Waals surface area contributed by atoms with Crippen molar-refractivity contribution >= 4 is 22.7 Å². The highest BCUT2D eigenvalue weighted by Crippen LogP contribution is 2.39. The van der Waals surface area contributed by atoms with Crippen LogP contribution in [0.25, 0.3) is 22.7 Å². The molecule has 138 valence electrons. The van der Waals surface area contributed by atoms with Crippen molar-refractivity contribution in [2.45, 2.75) is 13.3 Å². The van der Waals surface area contributed by atoms with E-state index in [1.54, 1.807) is 20.3 Å². The Bertz CT molecular complexity index is 957. The summed E-state index contributed by atoms with van der Waals surface area (Å²) >= 11 is 0. The number of imidazole rings is 1. The Morgan fingerprint density at radius 1 is 1.19 bits per heavy atom. The predicted octanol–water partition coefficient (Wildman–Crippen LogP) is 4.43. The van der Waals surface area contributed by atoms with E-state index in [1.165, 1.54) is 0 Å². The molecular weight excluding hydrogens is 342 g/mol. The maximum atomic E-state index is 9.62. The van der Waals surface area contributed by atoms with Gasteiger partial charge in [-0.05, 0) is 42.3 Å². The number of nitrogens with one attached hydrogen (secondary N) is 1. The molecule has 0 atom stereocenters. The molecular formula is C21H21N3O3. The van der Waals surface area contributed by atoms with E-state index in [-0.39, 0.29) is 0 Å². The molecule has 1 heterocycles. The zero-order valence-corrected chi connectivity index (χ0v) is 15.6. The Balaban J connectivity index is 2.04. The third-order valence-corrected chi connectivity index (χ3v) is 4.01. The van der Waals surface area contributed by atoms with Crippen LogP contribution in [0.4, 0.5) is 0 Å². The van der Waals surface area contributed by atoms with Gasteiger partial charge in [-0.25, -0.2) is 4.98 Å². The second kappa shape index (κ2) is 8.28. The van der Waals surface area contributed by atoms with Crippen LogP contribution in [-0.2, 0) is 0 Å². The van der Waals surface area contributed by atoms with Crippen molar-refractivity contribution in [2.24, 2.45) is 0 Å². The van der Waals surface area contributed by atoms with Gasteiger partial charge in [-0.2, -0.15) is 5.26 Å². The molecule has 1 N–H and O–H groups in total. The SMILES string of the molecule is CCCOc1c(OC)cc(/C=C(/C#N)c2nc3ccccc3[nH]2)cc1OC. The number of benzene rings is 2. The first-order valence-corrected chi connectivity index (χ1v) is 8.65. The first kappa shape index (κ1) is 18.3. The smallest absolute Gasteiger partial charge is 0.203 e. The first-order valence-electron chi connectivity index (χ1n) is 8.65. The van der Waals surface area contributed by atoms with Crippen LogP contribution < -0.4 is 14.2 Å². The molecule has 0 aliphatic rings. The zero-order valence-electron chi connectivity index (χ0n) is 15.6. The van der Waals surface area contributed by atoms with Crippen LogP contribution in [-0.4, -0.2) is 30.8 Å².